The van der Waals surface area contributed by atoms with Crippen molar-refractivity contribution in [1.82, 2.24) is 10.0 Å². The van der Waals surface area contributed by atoms with Crippen LogP contribution in [0.2, 0.25) is 0 Å². The van der Waals surface area contributed by atoms with Crippen LogP contribution in [-0.2, 0) is 4.79 Å². The molecular formula is C16H17F4N3O. The summed E-state index contributed by atoms with van der Waals surface area (Å²) in [6, 6.07) is 6.90. The molecule has 0 aromatic heterocycles. The number of hydrogen-bond donors (Lipinski definition) is 1. The van der Waals surface area contributed by atoms with Crippen LogP contribution in [0.5, 0.6) is 0 Å². The Morgan fingerprint density at radius 2 is 1.83 bits per heavy atom. The number of allylic oxidation sites excluding steroid dienone is 1. The molecule has 8 heteroatoms. The highest BCUT2D eigenvalue weighted by Crippen LogP contribution is 2.52. The molecule has 2 unspecified atom stereocenters. The van der Waals surface area contributed by atoms with E-state index < -0.39 is 35.6 Å². The van der Waals surface area contributed by atoms with Gasteiger partial charge >= 0.3 is 0 Å². The van der Waals surface area contributed by atoms with Crippen LogP contribution in [0.25, 0.3) is 0 Å². The molecule has 4 nitrogen and oxygen atoms in total. The first kappa shape index (κ1) is 16.8. The number of benzene rings is 1. The lowest BCUT2D eigenvalue weighted by Crippen LogP contribution is -2.51. The smallest absolute Gasteiger partial charge is 0.280 e. The summed E-state index contributed by atoms with van der Waals surface area (Å²) in [6.45, 7) is 0. The van der Waals surface area contributed by atoms with Crippen molar-refractivity contribution in [1.29, 1.82) is 0 Å². The number of carbonyl (C=O) groups is 1. The first-order chi connectivity index (χ1) is 11.3. The molecule has 3 rings (SSSR count). The Morgan fingerprint density at radius 3 is 2.29 bits per heavy atom. The van der Waals surface area contributed by atoms with Gasteiger partial charge in [0.15, 0.2) is 6.17 Å². The number of hydrazine groups is 1. The summed E-state index contributed by atoms with van der Waals surface area (Å²) in [4.78, 5) is 11.8. The van der Waals surface area contributed by atoms with Crippen LogP contribution >= 0.6 is 0 Å². The van der Waals surface area contributed by atoms with Crippen molar-refractivity contribution < 1.29 is 22.4 Å². The maximum atomic E-state index is 15.8. The third kappa shape index (κ3) is 2.36. The van der Waals surface area contributed by atoms with E-state index in [1.807, 2.05) is 0 Å². The quantitative estimate of drug-likeness (QED) is 0.661. The number of rotatable bonds is 5. The van der Waals surface area contributed by atoms with E-state index in [0.717, 1.165) is 17.1 Å². The number of likely N-dealkylation sites (N-methyl/N-ethyl adjacent to an activating group) is 1. The topological polar surface area (TPSA) is 49.6 Å². The molecule has 0 radical (unpaired) electrons. The first-order valence-electron chi connectivity index (χ1n) is 7.53. The average Bonchev–Trinajstić information content (AvgIpc) is 3.34. The molecule has 0 saturated heterocycles. The van der Waals surface area contributed by atoms with Gasteiger partial charge in [-0.1, -0.05) is 30.3 Å². The van der Waals surface area contributed by atoms with Gasteiger partial charge in [0.2, 0.25) is 5.79 Å². The van der Waals surface area contributed by atoms with Gasteiger partial charge in [-0.25, -0.2) is 17.6 Å². The van der Waals surface area contributed by atoms with E-state index in [0.29, 0.717) is 12.8 Å². The lowest BCUT2D eigenvalue weighted by molar-refractivity contribution is -0.142. The van der Waals surface area contributed by atoms with Crippen LogP contribution in [0, 0.1) is 0 Å². The van der Waals surface area contributed by atoms with Crippen molar-refractivity contribution in [3.05, 3.63) is 47.2 Å². The highest BCUT2D eigenvalue weighted by molar-refractivity contribution is 5.95. The zero-order chi connectivity index (χ0) is 17.6. The van der Waals surface area contributed by atoms with Gasteiger partial charge in [0.1, 0.15) is 5.70 Å². The van der Waals surface area contributed by atoms with E-state index in [-0.39, 0.29) is 11.6 Å². The average molecular weight is 343 g/mol. The number of amides is 1. The summed E-state index contributed by atoms with van der Waals surface area (Å²) in [5, 5.41) is 1.74. The van der Waals surface area contributed by atoms with Gasteiger partial charge < -0.3 is 5.73 Å². The number of nitrogens with two attached hydrogens (primary N) is 1. The van der Waals surface area contributed by atoms with Crippen LogP contribution in [0.15, 0.2) is 41.6 Å². The summed E-state index contributed by atoms with van der Waals surface area (Å²) in [5.74, 6) is -4.47. The highest BCUT2D eigenvalue weighted by Gasteiger charge is 2.62. The Kier molecular flexibility index (Phi) is 4.03. The predicted octanol–water partition coefficient (Wildman–Crippen LogP) is 2.69. The van der Waals surface area contributed by atoms with Crippen LogP contribution < -0.4 is 5.73 Å². The minimum atomic E-state index is -3.14. The van der Waals surface area contributed by atoms with Gasteiger partial charge in [-0.3, -0.25) is 9.80 Å². The van der Waals surface area contributed by atoms with E-state index >= 15 is 8.78 Å². The van der Waals surface area contributed by atoms with Gasteiger partial charge in [0.25, 0.3) is 12.3 Å². The summed E-state index contributed by atoms with van der Waals surface area (Å²) in [6.07, 6.45) is -4.37. The van der Waals surface area contributed by atoms with Crippen molar-refractivity contribution in [3.63, 3.8) is 0 Å². The molecule has 1 aliphatic carbocycles. The van der Waals surface area contributed by atoms with Crippen molar-refractivity contribution in [3.8, 4) is 0 Å². The number of alkyl halides is 4. The Balaban J connectivity index is 2.15. The Bertz CT molecular complexity index is 677. The second kappa shape index (κ2) is 5.77. The summed E-state index contributed by atoms with van der Waals surface area (Å²) >= 11 is 0. The van der Waals surface area contributed by atoms with Crippen LogP contribution in [0.1, 0.15) is 24.6 Å². The maximum Gasteiger partial charge on any atom is 0.280 e. The molecule has 1 aromatic rings. The molecule has 0 bridgehead atoms. The Morgan fingerprint density at radius 1 is 1.25 bits per heavy atom. The fourth-order valence-electron chi connectivity index (χ4n) is 3.18. The van der Waals surface area contributed by atoms with E-state index in [1.54, 1.807) is 6.07 Å². The molecule has 1 aromatic carbocycles. The second-order valence-electron chi connectivity index (χ2n) is 5.97. The predicted molar refractivity (Wildman–Crippen MR) is 79.0 cm³/mol. The fraction of sp³-hybridized carbons (Fsp3) is 0.438. The number of carbonyl (C=O) groups excluding carboxylic acids is 1. The van der Waals surface area contributed by atoms with E-state index in [2.05, 4.69) is 0 Å². The lowest BCUT2D eigenvalue weighted by Gasteiger charge is -2.37. The molecule has 1 aliphatic heterocycles. The monoisotopic (exact) mass is 343 g/mol. The third-order valence-corrected chi connectivity index (χ3v) is 4.42. The molecular weight excluding hydrogens is 326 g/mol. The van der Waals surface area contributed by atoms with Crippen LogP contribution in [0.4, 0.5) is 17.6 Å². The largest absolute Gasteiger partial charge is 0.366 e. The van der Waals surface area contributed by atoms with Crippen LogP contribution in [0.3, 0.4) is 0 Å². The molecule has 2 N–H and O–H groups in total. The van der Waals surface area contributed by atoms with Gasteiger partial charge in [-0.15, -0.1) is 0 Å². The van der Waals surface area contributed by atoms with E-state index in [1.165, 1.54) is 24.3 Å². The number of primary amides is 1. The summed E-state index contributed by atoms with van der Waals surface area (Å²) in [5.41, 5.74) is 3.26. The number of nitrogens with zero attached hydrogens (tertiary/aromatic N) is 2. The minimum absolute atomic E-state index is 0.0585. The van der Waals surface area contributed by atoms with E-state index in [4.69, 9.17) is 5.73 Å². The number of hydrogen-bond acceptors (Lipinski definition) is 3. The molecule has 0 spiro atoms. The zero-order valence-electron chi connectivity index (χ0n) is 12.9. The molecule has 24 heavy (non-hydrogen) atoms. The van der Waals surface area contributed by atoms with Crippen molar-refractivity contribution >= 4 is 5.91 Å². The molecule has 1 saturated carbocycles. The normalized spacial score (nSPS) is 26.3. The summed E-state index contributed by atoms with van der Waals surface area (Å²) in [7, 11) is 1.16. The Labute approximate surface area is 136 Å². The molecule has 2 atom stereocenters. The zero-order valence-corrected chi connectivity index (χ0v) is 12.9. The Hall–Kier alpha value is -2.09. The minimum Gasteiger partial charge on any atom is -0.366 e. The van der Waals surface area contributed by atoms with Gasteiger partial charge in [-0.2, -0.15) is 5.01 Å². The SMILES string of the molecule is CN1N(C2CC2)C(C(F)F)=C(C(N)=O)C1(F)C(F)c1ccccc1. The lowest BCUT2D eigenvalue weighted by atomic mass is 9.93. The standard InChI is InChI=1S/C16H17F4N3O/c1-22-16(20,13(17)9-5-3-2-4-6-9)11(15(21)24)12(14(18)19)23(22)10-7-8-10/h2-6,10,13-14H,7-8H2,1H3,(H2,21,24). The summed E-state index contributed by atoms with van der Waals surface area (Å²) < 4.78 is 57.9. The first-order valence-corrected chi connectivity index (χ1v) is 7.53. The van der Waals surface area contributed by atoms with Crippen LogP contribution in [-0.4, -0.2) is 41.2 Å². The molecule has 1 amide bonds. The van der Waals surface area contributed by atoms with Crippen molar-refractivity contribution in [2.24, 2.45) is 5.73 Å². The van der Waals surface area contributed by atoms with Gasteiger partial charge in [0, 0.05) is 13.1 Å². The highest BCUT2D eigenvalue weighted by atomic mass is 19.3. The van der Waals surface area contributed by atoms with Gasteiger partial charge in [-0.05, 0) is 18.4 Å². The third-order valence-electron chi connectivity index (χ3n) is 4.42. The van der Waals surface area contributed by atoms with Gasteiger partial charge in [0.05, 0.1) is 5.57 Å². The molecule has 130 valence electrons. The maximum absolute atomic E-state index is 15.8. The molecule has 2 aliphatic rings. The fourth-order valence-corrected chi connectivity index (χ4v) is 3.18. The second-order valence-corrected chi connectivity index (χ2v) is 5.97. The van der Waals surface area contributed by atoms with Crippen molar-refractivity contribution in [2.45, 2.75) is 37.3 Å². The number of halogens is 4. The van der Waals surface area contributed by atoms with E-state index in [9.17, 15) is 13.6 Å². The molecule has 1 fully saturated rings. The molecule has 1 heterocycles. The van der Waals surface area contributed by atoms with Crippen molar-refractivity contribution in [2.75, 3.05) is 7.05 Å².